The van der Waals surface area contributed by atoms with Crippen LogP contribution in [-0.4, -0.2) is 16.1 Å². The van der Waals surface area contributed by atoms with Crippen LogP contribution in [0.4, 0.5) is 0 Å². The second-order valence-corrected chi connectivity index (χ2v) is 4.15. The third-order valence-electron chi connectivity index (χ3n) is 2.66. The number of pyridine rings is 1. The SMILES string of the molecule is O=C(O)CCc1ccc(OCc2ccccn2)cc1. The van der Waals surface area contributed by atoms with Crippen LogP contribution in [0.25, 0.3) is 0 Å². The zero-order valence-corrected chi connectivity index (χ0v) is 10.5. The molecule has 1 aromatic carbocycles. The highest BCUT2D eigenvalue weighted by Crippen LogP contribution is 2.14. The van der Waals surface area contributed by atoms with E-state index in [2.05, 4.69) is 4.98 Å². The Labute approximate surface area is 111 Å². The number of aromatic nitrogens is 1. The first-order valence-electron chi connectivity index (χ1n) is 6.07. The molecule has 0 spiro atoms. The zero-order chi connectivity index (χ0) is 13.5. The number of aryl methyl sites for hydroxylation is 1. The van der Waals surface area contributed by atoms with Gasteiger partial charge in [0.05, 0.1) is 5.69 Å². The number of carbonyl (C=O) groups is 1. The smallest absolute Gasteiger partial charge is 0.303 e. The zero-order valence-electron chi connectivity index (χ0n) is 10.5. The van der Waals surface area contributed by atoms with Gasteiger partial charge < -0.3 is 9.84 Å². The van der Waals surface area contributed by atoms with Crippen LogP contribution in [0.5, 0.6) is 5.75 Å². The van der Waals surface area contributed by atoms with Crippen molar-refractivity contribution in [1.82, 2.24) is 4.98 Å². The van der Waals surface area contributed by atoms with E-state index in [4.69, 9.17) is 9.84 Å². The van der Waals surface area contributed by atoms with Crippen LogP contribution in [0.15, 0.2) is 48.7 Å². The highest BCUT2D eigenvalue weighted by atomic mass is 16.5. The number of aliphatic carboxylic acids is 1. The topological polar surface area (TPSA) is 59.4 Å². The molecule has 0 aliphatic rings. The highest BCUT2D eigenvalue weighted by molar-refractivity contribution is 5.67. The van der Waals surface area contributed by atoms with Crippen LogP contribution >= 0.6 is 0 Å². The Balaban J connectivity index is 1.86. The van der Waals surface area contributed by atoms with E-state index >= 15 is 0 Å². The predicted molar refractivity (Wildman–Crippen MR) is 71.0 cm³/mol. The summed E-state index contributed by atoms with van der Waals surface area (Å²) in [6.45, 7) is 0.426. The number of carboxylic acids is 1. The fourth-order valence-corrected chi connectivity index (χ4v) is 1.64. The molecule has 2 rings (SSSR count). The summed E-state index contributed by atoms with van der Waals surface area (Å²) in [5.74, 6) is -0.0276. The lowest BCUT2D eigenvalue weighted by atomic mass is 10.1. The van der Waals surface area contributed by atoms with E-state index in [1.54, 1.807) is 6.20 Å². The standard InChI is InChI=1S/C15H15NO3/c17-15(18)9-6-12-4-7-14(8-5-12)19-11-13-3-1-2-10-16-13/h1-5,7-8,10H,6,9,11H2,(H,17,18). The summed E-state index contributed by atoms with van der Waals surface area (Å²) in [6, 6.07) is 13.1. The largest absolute Gasteiger partial charge is 0.487 e. The molecule has 1 N–H and O–H groups in total. The van der Waals surface area contributed by atoms with Crippen LogP contribution in [0.1, 0.15) is 17.7 Å². The Morgan fingerprint density at radius 3 is 2.58 bits per heavy atom. The van der Waals surface area contributed by atoms with Crippen molar-refractivity contribution in [3.05, 3.63) is 59.9 Å². The fourth-order valence-electron chi connectivity index (χ4n) is 1.64. The van der Waals surface area contributed by atoms with Crippen molar-refractivity contribution in [2.24, 2.45) is 0 Å². The normalized spacial score (nSPS) is 10.1. The van der Waals surface area contributed by atoms with Gasteiger partial charge in [0.25, 0.3) is 0 Å². The molecular formula is C15H15NO3. The lowest BCUT2D eigenvalue weighted by Gasteiger charge is -2.06. The first-order valence-corrected chi connectivity index (χ1v) is 6.07. The summed E-state index contributed by atoms with van der Waals surface area (Å²) in [6.07, 6.45) is 2.41. The number of hydrogen-bond acceptors (Lipinski definition) is 3. The van der Waals surface area contributed by atoms with Crippen molar-refractivity contribution >= 4 is 5.97 Å². The summed E-state index contributed by atoms with van der Waals surface area (Å²) in [5, 5.41) is 8.61. The lowest BCUT2D eigenvalue weighted by Crippen LogP contribution is -1.99. The van der Waals surface area contributed by atoms with Crippen molar-refractivity contribution in [3.8, 4) is 5.75 Å². The molecule has 0 radical (unpaired) electrons. The van der Waals surface area contributed by atoms with Crippen molar-refractivity contribution < 1.29 is 14.6 Å². The van der Waals surface area contributed by atoms with Gasteiger partial charge in [0, 0.05) is 12.6 Å². The van der Waals surface area contributed by atoms with Gasteiger partial charge in [0.1, 0.15) is 12.4 Å². The predicted octanol–water partition coefficient (Wildman–Crippen LogP) is 2.68. The van der Waals surface area contributed by atoms with Gasteiger partial charge >= 0.3 is 5.97 Å². The molecule has 1 aromatic heterocycles. The molecule has 0 atom stereocenters. The lowest BCUT2D eigenvalue weighted by molar-refractivity contribution is -0.136. The van der Waals surface area contributed by atoms with Gasteiger partial charge in [-0.05, 0) is 36.2 Å². The van der Waals surface area contributed by atoms with E-state index < -0.39 is 5.97 Å². The van der Waals surface area contributed by atoms with E-state index in [9.17, 15) is 4.79 Å². The minimum Gasteiger partial charge on any atom is -0.487 e. The number of nitrogens with zero attached hydrogens (tertiary/aromatic N) is 1. The van der Waals surface area contributed by atoms with Gasteiger partial charge in [0.15, 0.2) is 0 Å². The minimum absolute atomic E-state index is 0.147. The average Bonchev–Trinajstić information content (AvgIpc) is 2.45. The molecule has 0 amide bonds. The molecule has 19 heavy (non-hydrogen) atoms. The molecule has 0 aliphatic carbocycles. The molecule has 0 aliphatic heterocycles. The molecule has 98 valence electrons. The van der Waals surface area contributed by atoms with E-state index in [0.717, 1.165) is 17.0 Å². The summed E-state index contributed by atoms with van der Waals surface area (Å²) >= 11 is 0. The van der Waals surface area contributed by atoms with Gasteiger partial charge in [-0.2, -0.15) is 0 Å². The van der Waals surface area contributed by atoms with Crippen LogP contribution in [0.3, 0.4) is 0 Å². The Morgan fingerprint density at radius 2 is 1.95 bits per heavy atom. The number of hydrogen-bond donors (Lipinski definition) is 1. The molecule has 4 nitrogen and oxygen atoms in total. The van der Waals surface area contributed by atoms with Gasteiger partial charge in [0.2, 0.25) is 0 Å². The Hall–Kier alpha value is -2.36. The Bertz CT molecular complexity index is 523. The molecule has 0 fully saturated rings. The van der Waals surface area contributed by atoms with Gasteiger partial charge in [-0.25, -0.2) is 0 Å². The maximum Gasteiger partial charge on any atom is 0.303 e. The first-order chi connectivity index (χ1) is 9.24. The third kappa shape index (κ3) is 4.43. The van der Waals surface area contributed by atoms with E-state index in [1.807, 2.05) is 42.5 Å². The second kappa shape index (κ2) is 6.54. The Kier molecular flexibility index (Phi) is 4.50. The molecular weight excluding hydrogens is 242 g/mol. The number of benzene rings is 1. The quantitative estimate of drug-likeness (QED) is 0.864. The summed E-state index contributed by atoms with van der Waals surface area (Å²) in [5.41, 5.74) is 1.87. The number of rotatable bonds is 6. The minimum atomic E-state index is -0.782. The monoisotopic (exact) mass is 257 g/mol. The fraction of sp³-hybridized carbons (Fsp3) is 0.200. The van der Waals surface area contributed by atoms with Gasteiger partial charge in [-0.3, -0.25) is 9.78 Å². The molecule has 0 unspecified atom stereocenters. The summed E-state index contributed by atoms with van der Waals surface area (Å²) in [7, 11) is 0. The molecule has 2 aromatic rings. The van der Waals surface area contributed by atoms with E-state index in [1.165, 1.54) is 0 Å². The average molecular weight is 257 g/mol. The maximum absolute atomic E-state index is 10.5. The molecule has 0 saturated heterocycles. The summed E-state index contributed by atoms with van der Waals surface area (Å²) < 4.78 is 5.59. The highest BCUT2D eigenvalue weighted by Gasteiger charge is 2.00. The van der Waals surface area contributed by atoms with Crippen LogP contribution in [0, 0.1) is 0 Å². The number of ether oxygens (including phenoxy) is 1. The molecule has 4 heteroatoms. The second-order valence-electron chi connectivity index (χ2n) is 4.15. The van der Waals surface area contributed by atoms with Crippen LogP contribution < -0.4 is 4.74 Å². The van der Waals surface area contributed by atoms with E-state index in [0.29, 0.717) is 13.0 Å². The number of carboxylic acid groups (broad SMARTS) is 1. The van der Waals surface area contributed by atoms with Crippen molar-refractivity contribution in [2.75, 3.05) is 0 Å². The summed E-state index contributed by atoms with van der Waals surface area (Å²) in [4.78, 5) is 14.6. The van der Waals surface area contributed by atoms with Crippen molar-refractivity contribution in [3.63, 3.8) is 0 Å². The molecule has 1 heterocycles. The van der Waals surface area contributed by atoms with Crippen LogP contribution in [0.2, 0.25) is 0 Å². The first kappa shape index (κ1) is 13.1. The molecule has 0 saturated carbocycles. The molecule has 0 bridgehead atoms. The maximum atomic E-state index is 10.5. The van der Waals surface area contributed by atoms with Crippen molar-refractivity contribution in [2.45, 2.75) is 19.4 Å². The van der Waals surface area contributed by atoms with Gasteiger partial charge in [-0.15, -0.1) is 0 Å². The third-order valence-corrected chi connectivity index (χ3v) is 2.66. The van der Waals surface area contributed by atoms with Crippen LogP contribution in [-0.2, 0) is 17.8 Å². The Morgan fingerprint density at radius 1 is 1.16 bits per heavy atom. The van der Waals surface area contributed by atoms with Crippen molar-refractivity contribution in [1.29, 1.82) is 0 Å². The van der Waals surface area contributed by atoms with E-state index in [-0.39, 0.29) is 6.42 Å². The van der Waals surface area contributed by atoms with Gasteiger partial charge in [-0.1, -0.05) is 18.2 Å².